The summed E-state index contributed by atoms with van der Waals surface area (Å²) in [4.78, 5) is 4.48. The van der Waals surface area contributed by atoms with Gasteiger partial charge in [0.25, 0.3) is 0 Å². The first-order valence-electron chi connectivity index (χ1n) is 6.32. The average Bonchev–Trinajstić information content (AvgIpc) is 2.80. The summed E-state index contributed by atoms with van der Waals surface area (Å²) in [6.45, 7) is 8.54. The van der Waals surface area contributed by atoms with Gasteiger partial charge in [0.15, 0.2) is 0 Å². The molecule has 0 aromatic carbocycles. The maximum atomic E-state index is 5.62. The van der Waals surface area contributed by atoms with E-state index in [0.29, 0.717) is 18.3 Å². The Hall–Kier alpha value is -0.940. The predicted molar refractivity (Wildman–Crippen MR) is 63.8 cm³/mol. The molecule has 5 heteroatoms. The summed E-state index contributed by atoms with van der Waals surface area (Å²) in [6, 6.07) is 0. The highest BCUT2D eigenvalue weighted by Crippen LogP contribution is 2.26. The highest BCUT2D eigenvalue weighted by molar-refractivity contribution is 5.02. The van der Waals surface area contributed by atoms with Crippen LogP contribution in [0.3, 0.4) is 0 Å². The van der Waals surface area contributed by atoms with Crippen LogP contribution < -0.4 is 5.32 Å². The zero-order chi connectivity index (χ0) is 12.3. The van der Waals surface area contributed by atoms with Gasteiger partial charge in [0, 0.05) is 13.2 Å². The molecule has 1 saturated heterocycles. The Labute approximate surface area is 102 Å². The Morgan fingerprint density at radius 3 is 3.00 bits per heavy atom. The van der Waals surface area contributed by atoms with Crippen molar-refractivity contribution in [1.82, 2.24) is 15.5 Å². The third-order valence-corrected chi connectivity index (χ3v) is 3.13. The van der Waals surface area contributed by atoms with E-state index in [0.717, 1.165) is 31.8 Å². The molecule has 0 spiro atoms. The molecule has 1 N–H and O–H groups in total. The van der Waals surface area contributed by atoms with E-state index in [1.165, 1.54) is 0 Å². The van der Waals surface area contributed by atoms with Crippen molar-refractivity contribution >= 4 is 0 Å². The van der Waals surface area contributed by atoms with Crippen LogP contribution in [0.1, 0.15) is 51.2 Å². The molecule has 17 heavy (non-hydrogen) atoms. The van der Waals surface area contributed by atoms with Gasteiger partial charge in [-0.2, -0.15) is 4.98 Å². The average molecular weight is 239 g/mol. The van der Waals surface area contributed by atoms with Gasteiger partial charge >= 0.3 is 0 Å². The van der Waals surface area contributed by atoms with Gasteiger partial charge in [-0.15, -0.1) is 0 Å². The van der Waals surface area contributed by atoms with E-state index in [9.17, 15) is 0 Å². The quantitative estimate of drug-likeness (QED) is 0.868. The van der Waals surface area contributed by atoms with Crippen LogP contribution in [-0.4, -0.2) is 29.8 Å². The monoisotopic (exact) mass is 239 g/mol. The van der Waals surface area contributed by atoms with Crippen LogP contribution >= 0.6 is 0 Å². The van der Waals surface area contributed by atoms with E-state index in [2.05, 4.69) is 15.5 Å². The van der Waals surface area contributed by atoms with Gasteiger partial charge < -0.3 is 14.6 Å². The lowest BCUT2D eigenvalue weighted by molar-refractivity contribution is -0.0221. The van der Waals surface area contributed by atoms with Gasteiger partial charge in [-0.1, -0.05) is 5.16 Å². The number of hydrogen-bond donors (Lipinski definition) is 1. The van der Waals surface area contributed by atoms with Gasteiger partial charge in [0.2, 0.25) is 11.7 Å². The molecule has 1 unspecified atom stereocenters. The van der Waals surface area contributed by atoms with E-state index in [4.69, 9.17) is 9.26 Å². The lowest BCUT2D eigenvalue weighted by Crippen LogP contribution is -2.28. The molecule has 1 aromatic rings. The van der Waals surface area contributed by atoms with Gasteiger partial charge in [0.05, 0.1) is 5.92 Å². The van der Waals surface area contributed by atoms with Gasteiger partial charge in [-0.05, 0) is 40.2 Å². The number of nitrogens with one attached hydrogen (secondary N) is 1. The largest absolute Gasteiger partial charge is 0.368 e. The second-order valence-electron chi connectivity index (χ2n) is 4.94. The van der Waals surface area contributed by atoms with Crippen LogP contribution in [0.2, 0.25) is 0 Å². The van der Waals surface area contributed by atoms with Crippen molar-refractivity contribution in [3.05, 3.63) is 11.7 Å². The minimum absolute atomic E-state index is 0.349. The smallest absolute Gasteiger partial charge is 0.231 e. The molecule has 1 aliphatic rings. The molecule has 2 rings (SSSR count). The Kier molecular flexibility index (Phi) is 3.79. The van der Waals surface area contributed by atoms with Crippen molar-refractivity contribution in [2.75, 3.05) is 19.7 Å². The molecule has 0 radical (unpaired) electrons. The fraction of sp³-hybridized carbons (Fsp3) is 0.833. The molecule has 0 saturated carbocycles. The van der Waals surface area contributed by atoms with Crippen LogP contribution in [0.25, 0.3) is 0 Å². The van der Waals surface area contributed by atoms with Crippen molar-refractivity contribution in [2.45, 2.75) is 45.1 Å². The third kappa shape index (κ3) is 2.84. The Balaban J connectivity index is 2.09. The molecule has 0 aliphatic carbocycles. The lowest BCUT2D eigenvalue weighted by atomic mass is 10.00. The maximum absolute atomic E-state index is 5.62. The van der Waals surface area contributed by atoms with Gasteiger partial charge in [-0.3, -0.25) is 0 Å². The molecular formula is C12H21N3O2. The summed E-state index contributed by atoms with van der Waals surface area (Å²) in [5.74, 6) is 1.72. The predicted octanol–water partition coefficient (Wildman–Crippen LogP) is 1.81. The molecule has 1 atom stereocenters. The molecule has 1 aromatic heterocycles. The summed E-state index contributed by atoms with van der Waals surface area (Å²) in [5.41, 5.74) is -0.474. The highest BCUT2D eigenvalue weighted by Gasteiger charge is 2.29. The van der Waals surface area contributed by atoms with Crippen LogP contribution in [0.4, 0.5) is 0 Å². The van der Waals surface area contributed by atoms with E-state index in [1.807, 2.05) is 20.8 Å². The fourth-order valence-corrected chi connectivity index (χ4v) is 2.13. The minimum atomic E-state index is -0.474. The maximum Gasteiger partial charge on any atom is 0.231 e. The van der Waals surface area contributed by atoms with Crippen molar-refractivity contribution < 1.29 is 9.26 Å². The summed E-state index contributed by atoms with van der Waals surface area (Å²) in [7, 11) is 0. The van der Waals surface area contributed by atoms with Crippen LogP contribution in [0.15, 0.2) is 4.52 Å². The molecule has 1 aliphatic heterocycles. The molecule has 1 fully saturated rings. The zero-order valence-electron chi connectivity index (χ0n) is 10.8. The van der Waals surface area contributed by atoms with E-state index >= 15 is 0 Å². The number of piperidine rings is 1. The molecule has 0 bridgehead atoms. The third-order valence-electron chi connectivity index (χ3n) is 3.13. The number of aromatic nitrogens is 2. The Morgan fingerprint density at radius 2 is 2.35 bits per heavy atom. The molecule has 5 nitrogen and oxygen atoms in total. The van der Waals surface area contributed by atoms with E-state index in [1.54, 1.807) is 0 Å². The first-order chi connectivity index (χ1) is 8.13. The zero-order valence-corrected chi connectivity index (χ0v) is 10.8. The van der Waals surface area contributed by atoms with Crippen molar-refractivity contribution in [3.63, 3.8) is 0 Å². The lowest BCUT2D eigenvalue weighted by Gasteiger charge is -2.20. The summed E-state index contributed by atoms with van der Waals surface area (Å²) < 4.78 is 11.0. The molecule has 2 heterocycles. The second kappa shape index (κ2) is 5.14. The molecule has 0 amide bonds. The molecular weight excluding hydrogens is 218 g/mol. The normalized spacial score (nSPS) is 21.7. The fourth-order valence-electron chi connectivity index (χ4n) is 2.13. The van der Waals surface area contributed by atoms with E-state index < -0.39 is 5.60 Å². The van der Waals surface area contributed by atoms with Crippen molar-refractivity contribution in [3.8, 4) is 0 Å². The topological polar surface area (TPSA) is 60.2 Å². The van der Waals surface area contributed by atoms with Crippen molar-refractivity contribution in [2.24, 2.45) is 0 Å². The van der Waals surface area contributed by atoms with Gasteiger partial charge in [-0.25, -0.2) is 0 Å². The Bertz CT molecular complexity index is 356. The standard InChI is InChI=1S/C12H21N3O2/c1-4-16-12(2,3)11-14-10(17-15-11)9-6-5-7-13-8-9/h9,13H,4-8H2,1-3H3. The summed E-state index contributed by atoms with van der Waals surface area (Å²) in [5, 5.41) is 7.39. The molecule has 96 valence electrons. The number of ether oxygens (including phenoxy) is 1. The van der Waals surface area contributed by atoms with E-state index in [-0.39, 0.29) is 0 Å². The summed E-state index contributed by atoms with van der Waals surface area (Å²) >= 11 is 0. The van der Waals surface area contributed by atoms with Gasteiger partial charge in [0.1, 0.15) is 5.60 Å². The highest BCUT2D eigenvalue weighted by atomic mass is 16.5. The minimum Gasteiger partial charge on any atom is -0.368 e. The van der Waals surface area contributed by atoms with Crippen LogP contribution in [-0.2, 0) is 10.3 Å². The second-order valence-corrected chi connectivity index (χ2v) is 4.94. The Morgan fingerprint density at radius 1 is 1.53 bits per heavy atom. The van der Waals surface area contributed by atoms with Crippen LogP contribution in [0.5, 0.6) is 0 Å². The summed E-state index contributed by atoms with van der Waals surface area (Å²) in [6.07, 6.45) is 2.28. The SMILES string of the molecule is CCOC(C)(C)c1noc(C2CCCNC2)n1. The number of hydrogen-bond acceptors (Lipinski definition) is 5. The van der Waals surface area contributed by atoms with Crippen LogP contribution in [0, 0.1) is 0 Å². The number of nitrogens with zero attached hydrogens (tertiary/aromatic N) is 2. The first-order valence-corrected chi connectivity index (χ1v) is 6.32. The first kappa shape index (κ1) is 12.5. The number of rotatable bonds is 4. The van der Waals surface area contributed by atoms with Crippen molar-refractivity contribution in [1.29, 1.82) is 0 Å².